The minimum Gasteiger partial charge on any atom is -0.459 e. The largest absolute Gasteiger partial charge is 0.459 e. The first kappa shape index (κ1) is 17.4. The second-order valence-electron chi connectivity index (χ2n) is 5.97. The number of hydrogen-bond acceptors (Lipinski definition) is 4. The van der Waals surface area contributed by atoms with Crippen LogP contribution in [0.3, 0.4) is 0 Å². The zero-order valence-corrected chi connectivity index (χ0v) is 15.4. The monoisotopic (exact) mass is 354 g/mol. The Bertz CT molecular complexity index is 823. The molecule has 0 spiro atoms. The Hall–Kier alpha value is -2.40. The topological polar surface area (TPSA) is 46.3 Å². The fourth-order valence-corrected chi connectivity index (χ4v) is 3.40. The molecule has 2 aromatic heterocycles. The summed E-state index contributed by atoms with van der Waals surface area (Å²) in [6, 6.07) is 13.7. The van der Waals surface area contributed by atoms with Gasteiger partial charge in [0.15, 0.2) is 10.8 Å². The molecule has 0 radical (unpaired) electrons. The summed E-state index contributed by atoms with van der Waals surface area (Å²) in [5.41, 5.74) is 1.73. The highest BCUT2D eigenvalue weighted by Gasteiger charge is 2.18. The first-order chi connectivity index (χ1) is 12.2. The van der Waals surface area contributed by atoms with Crippen LogP contribution in [0.5, 0.6) is 0 Å². The van der Waals surface area contributed by atoms with Crippen molar-refractivity contribution in [1.82, 2.24) is 4.98 Å². The van der Waals surface area contributed by atoms with E-state index in [1.807, 2.05) is 59.7 Å². The smallest absolute Gasteiger partial charge is 0.233 e. The number of aryl methyl sites for hydroxylation is 1. The van der Waals surface area contributed by atoms with Crippen LogP contribution in [0.1, 0.15) is 31.2 Å². The van der Waals surface area contributed by atoms with Crippen molar-refractivity contribution in [2.45, 2.75) is 33.1 Å². The lowest BCUT2D eigenvalue weighted by Gasteiger charge is -2.22. The van der Waals surface area contributed by atoms with Crippen molar-refractivity contribution in [2.24, 2.45) is 0 Å². The van der Waals surface area contributed by atoms with Crippen molar-refractivity contribution < 1.29 is 9.21 Å². The molecular weight excluding hydrogens is 332 g/mol. The van der Waals surface area contributed by atoms with Gasteiger partial charge in [0, 0.05) is 17.6 Å². The van der Waals surface area contributed by atoms with Gasteiger partial charge in [0.2, 0.25) is 5.91 Å². The molecule has 5 heteroatoms. The van der Waals surface area contributed by atoms with Gasteiger partial charge in [0.05, 0.1) is 12.1 Å². The second kappa shape index (κ2) is 8.12. The molecule has 3 aromatic rings. The highest BCUT2D eigenvalue weighted by molar-refractivity contribution is 7.13. The lowest BCUT2D eigenvalue weighted by molar-refractivity contribution is -0.118. The first-order valence-corrected chi connectivity index (χ1v) is 9.42. The van der Waals surface area contributed by atoms with Gasteiger partial charge >= 0.3 is 0 Å². The Morgan fingerprint density at radius 3 is 2.68 bits per heavy atom. The van der Waals surface area contributed by atoms with Crippen molar-refractivity contribution in [3.8, 4) is 10.8 Å². The minimum absolute atomic E-state index is 0.0760. The number of furan rings is 1. The number of amides is 1. The van der Waals surface area contributed by atoms with Crippen molar-refractivity contribution >= 4 is 22.9 Å². The van der Waals surface area contributed by atoms with E-state index in [0.29, 0.717) is 6.42 Å². The third-order valence-electron chi connectivity index (χ3n) is 3.94. The highest BCUT2D eigenvalue weighted by Crippen LogP contribution is 2.26. The van der Waals surface area contributed by atoms with E-state index in [4.69, 9.17) is 4.42 Å². The quantitative estimate of drug-likeness (QED) is 0.594. The minimum atomic E-state index is 0.0760. The SMILES string of the molecule is CCCCN(C(=O)Cc1csc(-c2ccc(C)o2)n1)c1ccccc1. The molecule has 0 fully saturated rings. The normalized spacial score (nSPS) is 10.8. The fourth-order valence-electron chi connectivity index (χ4n) is 2.62. The van der Waals surface area contributed by atoms with Gasteiger partial charge in [-0.1, -0.05) is 31.5 Å². The molecular formula is C20H22N2O2S. The molecule has 0 saturated carbocycles. The standard InChI is InChI=1S/C20H22N2O2S/c1-3-4-12-22(17-8-6-5-7-9-17)19(23)13-16-14-25-20(21-16)18-11-10-15(2)24-18/h5-11,14H,3-4,12-13H2,1-2H3. The number of aromatic nitrogens is 1. The summed E-state index contributed by atoms with van der Waals surface area (Å²) in [5, 5.41) is 2.75. The predicted octanol–water partition coefficient (Wildman–Crippen LogP) is 5.09. The summed E-state index contributed by atoms with van der Waals surface area (Å²) in [6.45, 7) is 4.77. The number of carbonyl (C=O) groups is 1. The second-order valence-corrected chi connectivity index (χ2v) is 6.82. The molecule has 0 N–H and O–H groups in total. The summed E-state index contributed by atoms with van der Waals surface area (Å²) >= 11 is 1.51. The van der Waals surface area contributed by atoms with Crippen LogP contribution < -0.4 is 4.90 Å². The van der Waals surface area contributed by atoms with Gasteiger partial charge in [-0.3, -0.25) is 4.79 Å². The highest BCUT2D eigenvalue weighted by atomic mass is 32.1. The number of benzene rings is 1. The Morgan fingerprint density at radius 1 is 1.20 bits per heavy atom. The van der Waals surface area contributed by atoms with Gasteiger partial charge in [-0.2, -0.15) is 0 Å². The summed E-state index contributed by atoms with van der Waals surface area (Å²) in [4.78, 5) is 19.3. The van der Waals surface area contributed by atoms with Crippen molar-refractivity contribution in [3.63, 3.8) is 0 Å². The van der Waals surface area contributed by atoms with Gasteiger partial charge in [0.1, 0.15) is 5.76 Å². The third kappa shape index (κ3) is 4.37. The van der Waals surface area contributed by atoms with Crippen LogP contribution in [-0.2, 0) is 11.2 Å². The number of anilines is 1. The molecule has 0 saturated heterocycles. The van der Waals surface area contributed by atoms with E-state index in [1.165, 1.54) is 11.3 Å². The zero-order chi connectivity index (χ0) is 17.6. The molecule has 1 aromatic carbocycles. The number of thiazole rings is 1. The molecule has 0 atom stereocenters. The molecule has 130 valence electrons. The average molecular weight is 354 g/mol. The van der Waals surface area contributed by atoms with Crippen LogP contribution in [0.25, 0.3) is 10.8 Å². The zero-order valence-electron chi connectivity index (χ0n) is 14.6. The summed E-state index contributed by atoms with van der Waals surface area (Å²) in [5.74, 6) is 1.69. The molecule has 1 amide bonds. The average Bonchev–Trinajstić information content (AvgIpc) is 3.25. The maximum Gasteiger partial charge on any atom is 0.233 e. The van der Waals surface area contributed by atoms with E-state index in [-0.39, 0.29) is 5.91 Å². The van der Waals surface area contributed by atoms with Crippen LogP contribution in [0, 0.1) is 6.92 Å². The van der Waals surface area contributed by atoms with Crippen LogP contribution in [-0.4, -0.2) is 17.4 Å². The summed E-state index contributed by atoms with van der Waals surface area (Å²) in [7, 11) is 0. The van der Waals surface area contributed by atoms with E-state index in [0.717, 1.165) is 47.3 Å². The molecule has 0 aliphatic heterocycles. The molecule has 0 bridgehead atoms. The van der Waals surface area contributed by atoms with Crippen molar-refractivity contribution in [2.75, 3.05) is 11.4 Å². The van der Waals surface area contributed by atoms with E-state index in [9.17, 15) is 4.79 Å². The Kier molecular flexibility index (Phi) is 5.66. The number of carbonyl (C=O) groups excluding carboxylic acids is 1. The van der Waals surface area contributed by atoms with Gasteiger partial charge in [-0.15, -0.1) is 11.3 Å². The van der Waals surface area contributed by atoms with E-state index in [1.54, 1.807) is 0 Å². The Balaban J connectivity index is 1.74. The third-order valence-corrected chi connectivity index (χ3v) is 4.85. The molecule has 3 rings (SSSR count). The van der Waals surface area contributed by atoms with Crippen LogP contribution in [0.2, 0.25) is 0 Å². The van der Waals surface area contributed by atoms with E-state index < -0.39 is 0 Å². The number of unbranched alkanes of at least 4 members (excludes halogenated alkanes) is 1. The van der Waals surface area contributed by atoms with Crippen LogP contribution >= 0.6 is 11.3 Å². The number of para-hydroxylation sites is 1. The Morgan fingerprint density at radius 2 is 2.00 bits per heavy atom. The molecule has 0 unspecified atom stereocenters. The number of hydrogen-bond donors (Lipinski definition) is 0. The predicted molar refractivity (Wildman–Crippen MR) is 102 cm³/mol. The molecule has 0 aliphatic rings. The van der Waals surface area contributed by atoms with Crippen LogP contribution in [0.4, 0.5) is 5.69 Å². The molecule has 4 nitrogen and oxygen atoms in total. The van der Waals surface area contributed by atoms with Gasteiger partial charge in [0.25, 0.3) is 0 Å². The molecule has 0 aliphatic carbocycles. The lowest BCUT2D eigenvalue weighted by Crippen LogP contribution is -2.33. The number of nitrogens with zero attached hydrogens (tertiary/aromatic N) is 2. The van der Waals surface area contributed by atoms with E-state index >= 15 is 0 Å². The summed E-state index contributed by atoms with van der Waals surface area (Å²) in [6.07, 6.45) is 2.33. The Labute approximate surface area is 152 Å². The van der Waals surface area contributed by atoms with E-state index in [2.05, 4.69) is 11.9 Å². The lowest BCUT2D eigenvalue weighted by atomic mass is 10.2. The molecule has 2 heterocycles. The van der Waals surface area contributed by atoms with Gasteiger partial charge in [-0.05, 0) is 37.6 Å². The fraction of sp³-hybridized carbons (Fsp3) is 0.300. The molecule has 25 heavy (non-hydrogen) atoms. The van der Waals surface area contributed by atoms with Gasteiger partial charge in [-0.25, -0.2) is 4.98 Å². The maximum atomic E-state index is 12.8. The van der Waals surface area contributed by atoms with Crippen molar-refractivity contribution in [1.29, 1.82) is 0 Å². The van der Waals surface area contributed by atoms with Gasteiger partial charge < -0.3 is 9.32 Å². The van der Waals surface area contributed by atoms with Crippen molar-refractivity contribution in [3.05, 3.63) is 59.3 Å². The maximum absolute atomic E-state index is 12.8. The summed E-state index contributed by atoms with van der Waals surface area (Å²) < 4.78 is 5.61. The number of rotatable bonds is 7. The van der Waals surface area contributed by atoms with Crippen LogP contribution in [0.15, 0.2) is 52.3 Å². The first-order valence-electron chi connectivity index (χ1n) is 8.54.